The minimum Gasteiger partial charge on any atom is -0.503 e. The Morgan fingerprint density at radius 3 is 1.82 bits per heavy atom. The van der Waals surface area contributed by atoms with Crippen molar-refractivity contribution in [1.82, 2.24) is 29.6 Å². The van der Waals surface area contributed by atoms with Crippen molar-refractivity contribution in [2.45, 2.75) is 70.2 Å². The van der Waals surface area contributed by atoms with Gasteiger partial charge in [0, 0.05) is 90.2 Å². The maximum Gasteiger partial charge on any atom is 0.275 e. The molecule has 0 radical (unpaired) electrons. The molecule has 4 bridgehead atoms. The van der Waals surface area contributed by atoms with Crippen molar-refractivity contribution in [2.75, 3.05) is 13.1 Å². The predicted molar refractivity (Wildman–Crippen MR) is 242 cm³/mol. The maximum atomic E-state index is 14.1. The first-order valence-electron chi connectivity index (χ1n) is 23.4. The van der Waals surface area contributed by atoms with Crippen LogP contribution in [-0.2, 0) is 24.5 Å². The molecule has 0 saturated carbocycles. The molecule has 16 nitrogen and oxygen atoms in total. The topological polar surface area (TPSA) is 210 Å². The number of benzene rings is 3. The summed E-state index contributed by atoms with van der Waals surface area (Å²) < 4.78 is 114. The van der Waals surface area contributed by atoms with Gasteiger partial charge in [-0.05, 0) is 32.3 Å². The number of allylic oxidation sites excluding steroid dienone is 1. The van der Waals surface area contributed by atoms with Crippen LogP contribution < -0.4 is 26.2 Å². The van der Waals surface area contributed by atoms with Gasteiger partial charge in [0.15, 0.2) is 28.7 Å². The molecule has 22 heteroatoms. The third-order valence-electron chi connectivity index (χ3n) is 12.5. The molecule has 3 aromatic carbocycles. The molecule has 4 aliphatic heterocycles. The lowest BCUT2D eigenvalue weighted by Gasteiger charge is -2.41. The number of ketones is 1. The number of ether oxygens (including phenoxy) is 1. The Balaban J connectivity index is 0.000000200. The zero-order valence-electron chi connectivity index (χ0n) is 40.7. The van der Waals surface area contributed by atoms with Gasteiger partial charge in [-0.3, -0.25) is 33.6 Å². The first kappa shape index (κ1) is 46.1. The summed E-state index contributed by atoms with van der Waals surface area (Å²) in [6.45, 7) is -1.64. The molecule has 6 heterocycles. The fraction of sp³-hybridized carbons (Fsp3) is 0.260. The number of hydrogen-bond donors (Lipinski definition) is 4. The number of hydrogen-bond acceptors (Lipinski definition) is 10. The van der Waals surface area contributed by atoms with Crippen molar-refractivity contribution >= 4 is 29.4 Å². The smallest absolute Gasteiger partial charge is 0.275 e. The largest absolute Gasteiger partial charge is 0.503 e. The van der Waals surface area contributed by atoms with Crippen molar-refractivity contribution < 1.29 is 69.4 Å². The zero-order chi connectivity index (χ0) is 54.6. The Morgan fingerprint density at radius 1 is 0.736 bits per heavy atom. The molecule has 0 fully saturated rings. The number of carbonyl (C=O) groups excluding carboxylic acids is 5. The minimum absolute atomic E-state index is 0.00684. The molecule has 0 spiro atoms. The van der Waals surface area contributed by atoms with E-state index in [1.807, 2.05) is 0 Å². The van der Waals surface area contributed by atoms with E-state index in [1.165, 1.54) is 26.5 Å². The molecule has 0 saturated heterocycles. The molecular weight excluding hydrogens is 959 g/mol. The van der Waals surface area contributed by atoms with Crippen LogP contribution in [0, 0.1) is 34.9 Å². The molecule has 9 rings (SSSR count). The predicted octanol–water partition coefficient (Wildman–Crippen LogP) is 4.91. The number of fused-ring (bicyclic) bond motifs is 8. The summed E-state index contributed by atoms with van der Waals surface area (Å²) in [5.74, 6) is -12.9. The lowest BCUT2D eigenvalue weighted by Crippen LogP contribution is -2.51. The van der Waals surface area contributed by atoms with Crippen LogP contribution in [0.2, 0.25) is 0 Å². The summed E-state index contributed by atoms with van der Waals surface area (Å²) in [5, 5.41) is 26.1. The van der Waals surface area contributed by atoms with Crippen molar-refractivity contribution in [2.24, 2.45) is 0 Å². The van der Waals surface area contributed by atoms with E-state index in [4.69, 9.17) is 8.85 Å². The maximum absolute atomic E-state index is 14.1. The van der Waals surface area contributed by atoms with Crippen LogP contribution in [0.5, 0.6) is 11.5 Å². The average molecular weight is 1000 g/mol. The van der Waals surface area contributed by atoms with Crippen molar-refractivity contribution in [1.29, 1.82) is 0 Å². The third-order valence-corrected chi connectivity index (χ3v) is 12.5. The van der Waals surface area contributed by atoms with E-state index in [0.29, 0.717) is 29.8 Å². The van der Waals surface area contributed by atoms with Crippen LogP contribution >= 0.6 is 0 Å². The molecule has 4 amide bonds. The highest BCUT2D eigenvalue weighted by Gasteiger charge is 2.45. The molecule has 5 aromatic rings. The van der Waals surface area contributed by atoms with Gasteiger partial charge < -0.3 is 44.5 Å². The third kappa shape index (κ3) is 9.39. The van der Waals surface area contributed by atoms with E-state index in [2.05, 4.69) is 10.6 Å². The second-order valence-electron chi connectivity index (χ2n) is 17.1. The van der Waals surface area contributed by atoms with Gasteiger partial charge in [0.05, 0.1) is 6.04 Å². The number of nitrogens with one attached hydrogen (secondary N) is 2. The Hall–Kier alpha value is -8.27. The van der Waals surface area contributed by atoms with Gasteiger partial charge in [0.2, 0.25) is 10.9 Å². The molecule has 0 unspecified atom stereocenters. The Kier molecular flexibility index (Phi) is 12.5. The summed E-state index contributed by atoms with van der Waals surface area (Å²) in [7, 11) is 0. The zero-order valence-corrected chi connectivity index (χ0v) is 37.7. The summed E-state index contributed by atoms with van der Waals surface area (Å²) in [6.07, 6.45) is 7.15. The first-order chi connectivity index (χ1) is 35.3. The average Bonchev–Trinajstić information content (AvgIpc) is 3.55. The highest BCUT2D eigenvalue weighted by molar-refractivity contribution is 6.03. The second-order valence-corrected chi connectivity index (χ2v) is 17.1. The number of carbonyl (C=O) groups is 5. The molecule has 0 aliphatic carbocycles. The lowest BCUT2D eigenvalue weighted by molar-refractivity contribution is -0.118. The van der Waals surface area contributed by atoms with E-state index >= 15 is 0 Å². The van der Waals surface area contributed by atoms with Gasteiger partial charge in [-0.1, -0.05) is 48.6 Å². The Morgan fingerprint density at radius 2 is 1.25 bits per heavy atom. The van der Waals surface area contributed by atoms with Crippen LogP contribution in [0.1, 0.15) is 95.3 Å². The van der Waals surface area contributed by atoms with E-state index in [9.17, 15) is 70.1 Å². The molecular formula is C50H42F6N6O10. The van der Waals surface area contributed by atoms with Crippen LogP contribution in [-0.4, -0.2) is 89.3 Å². The van der Waals surface area contributed by atoms with Crippen LogP contribution in [0.25, 0.3) is 0 Å². The van der Waals surface area contributed by atoms with Crippen LogP contribution in [0.3, 0.4) is 0 Å². The number of amides is 4. The summed E-state index contributed by atoms with van der Waals surface area (Å²) in [6, 6.07) is 7.04. The monoisotopic (exact) mass is 1000 g/mol. The standard InChI is InChI=1S/C28H22F3N3O5.C22H20F3N3O5/c1-15-7-8-23(35)22-13-33(15)28(38)24-26(39-14-16-5-3-2-4-6-16)25(36)19(12-34(22)24)27(37)32-11-18-20(30)9-17(29)10-21(18)31;1-10-3-4-22(2,33)16-9-27(10)21(32)17-19(30)18(29)13(8-28(16)17)20(31)26-7-12-14(24)5-11(23)6-15(12)25/h2-10,12,15,22H,11,13-14H2,1H3,(H,32,37);3-6,8,10,16,30,33H,7,9H2,1-2H3,(H,26,31)/t15-,22+;10-,16+,22-/m00/s1/i;2D3. The van der Waals surface area contributed by atoms with Gasteiger partial charge in [0.1, 0.15) is 64.3 Å². The van der Waals surface area contributed by atoms with Crippen LogP contribution in [0.15, 0.2) is 101 Å². The summed E-state index contributed by atoms with van der Waals surface area (Å²) in [4.78, 5) is 94.3. The SMILES string of the molecule is C[C@H]1C=CC(=O)[C@H]2CN1C(=O)c1c(OCc3ccccc3)c(=O)c(C(=O)NCc3c(F)cc(F)cc3F)cn12.[2H]C([2H])([2H])[C@]1(O)C=C[C@H](C)N2C[C@H]1n1cc(C(=O)NCc3c(F)cc(F)cc3F)c(=O)c(O)c1C2=O. The van der Waals surface area contributed by atoms with Gasteiger partial charge >= 0.3 is 0 Å². The number of pyridine rings is 2. The van der Waals surface area contributed by atoms with E-state index < -0.39 is 159 Å². The number of halogens is 6. The Bertz CT molecular complexity index is 3360. The van der Waals surface area contributed by atoms with E-state index in [0.717, 1.165) is 23.0 Å². The molecule has 4 N–H and O–H groups in total. The van der Waals surface area contributed by atoms with Gasteiger partial charge in [-0.2, -0.15) is 0 Å². The number of nitrogens with zero attached hydrogens (tertiary/aromatic N) is 4. The van der Waals surface area contributed by atoms with Gasteiger partial charge in [-0.25, -0.2) is 26.3 Å². The quantitative estimate of drug-likeness (QED) is 0.116. The molecule has 72 heavy (non-hydrogen) atoms. The van der Waals surface area contributed by atoms with Crippen molar-refractivity contribution in [3.05, 3.63) is 186 Å². The summed E-state index contributed by atoms with van der Waals surface area (Å²) in [5.41, 5.74) is -7.49. The second kappa shape index (κ2) is 19.5. The number of rotatable bonds is 9. The fourth-order valence-corrected chi connectivity index (χ4v) is 8.55. The summed E-state index contributed by atoms with van der Waals surface area (Å²) >= 11 is 0. The number of aliphatic hydroxyl groups is 1. The number of aromatic nitrogens is 2. The van der Waals surface area contributed by atoms with Crippen LogP contribution in [0.4, 0.5) is 26.3 Å². The normalized spacial score (nSPS) is 21.5. The molecule has 4 aliphatic rings. The lowest BCUT2D eigenvalue weighted by atomic mass is 9.93. The molecule has 374 valence electrons. The first-order valence-corrected chi connectivity index (χ1v) is 21.9. The minimum atomic E-state index is -3.01. The molecule has 2 aromatic heterocycles. The molecule has 5 atom stereocenters. The highest BCUT2D eigenvalue weighted by atomic mass is 19.2. The van der Waals surface area contributed by atoms with Crippen molar-refractivity contribution in [3.63, 3.8) is 0 Å². The fourth-order valence-electron chi connectivity index (χ4n) is 8.55. The van der Waals surface area contributed by atoms with E-state index in [-0.39, 0.29) is 31.2 Å². The van der Waals surface area contributed by atoms with Gasteiger partial charge in [-0.15, -0.1) is 0 Å². The number of aromatic hydroxyl groups is 1. The van der Waals surface area contributed by atoms with E-state index in [1.54, 1.807) is 50.3 Å². The highest BCUT2D eigenvalue weighted by Crippen LogP contribution is 2.37. The van der Waals surface area contributed by atoms with Crippen molar-refractivity contribution in [3.8, 4) is 11.5 Å². The van der Waals surface area contributed by atoms with Gasteiger partial charge in [0.25, 0.3) is 23.6 Å². The Labute approximate surface area is 408 Å².